The normalized spacial score (nSPS) is 12.4. The van der Waals surface area contributed by atoms with Crippen molar-refractivity contribution in [3.63, 3.8) is 0 Å². The van der Waals surface area contributed by atoms with Gasteiger partial charge in [-0.2, -0.15) is 0 Å². The zero-order valence-electron chi connectivity index (χ0n) is 12.1. The molecule has 2 rings (SSSR count). The van der Waals surface area contributed by atoms with Crippen molar-refractivity contribution in [1.82, 2.24) is 5.32 Å². The lowest BCUT2D eigenvalue weighted by Crippen LogP contribution is -2.24. The minimum atomic E-state index is -0.285. The second-order valence-electron chi connectivity index (χ2n) is 5.08. The molecule has 0 aliphatic rings. The maximum atomic E-state index is 14.2. The lowest BCUT2D eigenvalue weighted by Gasteiger charge is -2.20. The number of likely N-dealkylation sites (N-methyl/N-ethyl adjacent to an activating group) is 1. The summed E-state index contributed by atoms with van der Waals surface area (Å²) in [6.45, 7) is 4.58. The number of benzene rings is 2. The fraction of sp³-hybridized carbons (Fsp3) is 0.294. The second-order valence-corrected chi connectivity index (χ2v) is 5.93. The number of halogens is 3. The summed E-state index contributed by atoms with van der Waals surface area (Å²) in [6.07, 6.45) is 0.592. The van der Waals surface area contributed by atoms with Crippen molar-refractivity contribution in [2.24, 2.45) is 0 Å². The summed E-state index contributed by atoms with van der Waals surface area (Å²) in [5.41, 5.74) is 2.48. The van der Waals surface area contributed by atoms with Gasteiger partial charge in [-0.05, 0) is 49.2 Å². The van der Waals surface area contributed by atoms with Crippen LogP contribution in [0.5, 0.6) is 0 Å². The first-order valence-corrected chi connectivity index (χ1v) is 7.74. The van der Waals surface area contributed by atoms with Crippen molar-refractivity contribution in [2.45, 2.75) is 26.3 Å². The Morgan fingerprint density at radius 1 is 1.14 bits per heavy atom. The second kappa shape index (κ2) is 7.14. The predicted octanol–water partition coefficient (Wildman–Crippen LogP) is 4.93. The van der Waals surface area contributed by atoms with Gasteiger partial charge in [0.2, 0.25) is 0 Å². The van der Waals surface area contributed by atoms with Crippen molar-refractivity contribution >= 4 is 15.9 Å². The molecule has 0 saturated heterocycles. The zero-order valence-corrected chi connectivity index (χ0v) is 13.7. The molecule has 1 nitrogen and oxygen atoms in total. The van der Waals surface area contributed by atoms with Crippen molar-refractivity contribution in [3.8, 4) is 0 Å². The Labute approximate surface area is 132 Å². The summed E-state index contributed by atoms with van der Waals surface area (Å²) in [5, 5.41) is 3.29. The van der Waals surface area contributed by atoms with Gasteiger partial charge in [-0.25, -0.2) is 8.78 Å². The van der Waals surface area contributed by atoms with Crippen LogP contribution in [0.15, 0.2) is 40.9 Å². The van der Waals surface area contributed by atoms with Crippen molar-refractivity contribution in [1.29, 1.82) is 0 Å². The van der Waals surface area contributed by atoms with Crippen LogP contribution in [-0.2, 0) is 6.42 Å². The summed E-state index contributed by atoms with van der Waals surface area (Å²) < 4.78 is 28.0. The van der Waals surface area contributed by atoms with E-state index >= 15 is 0 Å². The molecule has 0 heterocycles. The fourth-order valence-electron chi connectivity index (χ4n) is 2.36. The van der Waals surface area contributed by atoms with Gasteiger partial charge in [-0.1, -0.05) is 41.1 Å². The molecule has 112 valence electrons. The van der Waals surface area contributed by atoms with E-state index < -0.39 is 0 Å². The van der Waals surface area contributed by atoms with Crippen molar-refractivity contribution < 1.29 is 8.78 Å². The Bertz CT molecular complexity index is 628. The van der Waals surface area contributed by atoms with Gasteiger partial charge in [0, 0.05) is 16.1 Å². The first-order chi connectivity index (χ1) is 10.0. The van der Waals surface area contributed by atoms with Gasteiger partial charge in [0.15, 0.2) is 0 Å². The number of rotatable bonds is 5. The molecular weight excluding hydrogens is 336 g/mol. The van der Waals surface area contributed by atoms with E-state index in [2.05, 4.69) is 21.2 Å². The van der Waals surface area contributed by atoms with Gasteiger partial charge in [0.1, 0.15) is 11.6 Å². The minimum Gasteiger partial charge on any atom is -0.310 e. The molecule has 21 heavy (non-hydrogen) atoms. The Morgan fingerprint density at radius 3 is 2.52 bits per heavy atom. The van der Waals surface area contributed by atoms with E-state index in [1.165, 1.54) is 12.1 Å². The molecule has 0 fully saturated rings. The van der Waals surface area contributed by atoms with Gasteiger partial charge >= 0.3 is 0 Å². The SMILES string of the molecule is CCNC(Cc1ccc(F)cc1Br)c1ccc(C)cc1F. The molecule has 0 saturated carbocycles. The Balaban J connectivity index is 2.30. The van der Waals surface area contributed by atoms with Crippen LogP contribution in [0.4, 0.5) is 8.78 Å². The molecule has 1 unspecified atom stereocenters. The van der Waals surface area contributed by atoms with Gasteiger partial charge in [0.25, 0.3) is 0 Å². The molecule has 0 bridgehead atoms. The summed E-state index contributed by atoms with van der Waals surface area (Å²) >= 11 is 3.37. The van der Waals surface area contributed by atoms with Crippen LogP contribution >= 0.6 is 15.9 Å². The highest BCUT2D eigenvalue weighted by Crippen LogP contribution is 2.26. The molecule has 2 aromatic carbocycles. The average molecular weight is 354 g/mol. The number of nitrogens with one attached hydrogen (secondary N) is 1. The van der Waals surface area contributed by atoms with Crippen LogP contribution in [0, 0.1) is 18.6 Å². The lowest BCUT2D eigenvalue weighted by atomic mass is 9.97. The molecule has 4 heteroatoms. The standard InChI is InChI=1S/C17H18BrF2N/c1-3-21-17(14-7-4-11(2)8-16(14)20)9-12-5-6-13(19)10-15(12)18/h4-8,10,17,21H,3,9H2,1-2H3. The molecule has 2 aromatic rings. The number of aryl methyl sites for hydroxylation is 1. The fourth-order valence-corrected chi connectivity index (χ4v) is 2.87. The molecule has 1 N–H and O–H groups in total. The van der Waals surface area contributed by atoms with E-state index in [0.29, 0.717) is 16.5 Å². The third-order valence-corrected chi connectivity index (χ3v) is 4.16. The van der Waals surface area contributed by atoms with Crippen LogP contribution in [0.1, 0.15) is 29.7 Å². The maximum absolute atomic E-state index is 14.2. The van der Waals surface area contributed by atoms with Crippen molar-refractivity contribution in [3.05, 3.63) is 69.2 Å². The molecule has 0 radical (unpaired) electrons. The molecule has 0 amide bonds. The third-order valence-electron chi connectivity index (χ3n) is 3.42. The Kier molecular flexibility index (Phi) is 5.48. The van der Waals surface area contributed by atoms with Crippen molar-refractivity contribution in [2.75, 3.05) is 6.54 Å². The van der Waals surface area contributed by atoms with E-state index in [4.69, 9.17) is 0 Å². The highest BCUT2D eigenvalue weighted by molar-refractivity contribution is 9.10. The highest BCUT2D eigenvalue weighted by Gasteiger charge is 2.17. The highest BCUT2D eigenvalue weighted by atomic mass is 79.9. The number of hydrogen-bond acceptors (Lipinski definition) is 1. The smallest absolute Gasteiger partial charge is 0.128 e. The molecule has 0 aliphatic carbocycles. The Morgan fingerprint density at radius 2 is 1.90 bits per heavy atom. The maximum Gasteiger partial charge on any atom is 0.128 e. The van der Waals surface area contributed by atoms with E-state index in [9.17, 15) is 8.78 Å². The number of hydrogen-bond donors (Lipinski definition) is 1. The summed E-state index contributed by atoms with van der Waals surface area (Å²) in [4.78, 5) is 0. The summed E-state index contributed by atoms with van der Waals surface area (Å²) in [6, 6.07) is 9.71. The van der Waals surface area contributed by atoms with Gasteiger partial charge in [-0.15, -0.1) is 0 Å². The van der Waals surface area contributed by atoms with Crippen LogP contribution in [0.25, 0.3) is 0 Å². The van der Waals surface area contributed by atoms with Gasteiger partial charge in [-0.3, -0.25) is 0 Å². The molecular formula is C17H18BrF2N. The quantitative estimate of drug-likeness (QED) is 0.803. The van der Waals surface area contributed by atoms with Gasteiger partial charge in [0.05, 0.1) is 0 Å². The zero-order chi connectivity index (χ0) is 15.4. The predicted molar refractivity (Wildman–Crippen MR) is 85.4 cm³/mol. The third kappa shape index (κ3) is 4.11. The first-order valence-electron chi connectivity index (χ1n) is 6.94. The molecule has 0 spiro atoms. The van der Waals surface area contributed by atoms with Crippen LogP contribution < -0.4 is 5.32 Å². The van der Waals surface area contributed by atoms with E-state index in [0.717, 1.165) is 17.7 Å². The van der Waals surface area contributed by atoms with Crippen LogP contribution in [0.2, 0.25) is 0 Å². The van der Waals surface area contributed by atoms with E-state index in [1.807, 2.05) is 26.0 Å². The van der Waals surface area contributed by atoms with E-state index in [1.54, 1.807) is 12.1 Å². The summed E-state index contributed by atoms with van der Waals surface area (Å²) in [7, 11) is 0. The van der Waals surface area contributed by atoms with Gasteiger partial charge < -0.3 is 5.32 Å². The minimum absolute atomic E-state index is 0.141. The summed E-state index contributed by atoms with van der Waals surface area (Å²) in [5.74, 6) is -0.494. The van der Waals surface area contributed by atoms with E-state index in [-0.39, 0.29) is 17.7 Å². The topological polar surface area (TPSA) is 12.0 Å². The monoisotopic (exact) mass is 353 g/mol. The molecule has 1 atom stereocenters. The average Bonchev–Trinajstić information content (AvgIpc) is 2.41. The van der Waals surface area contributed by atoms with Crippen LogP contribution in [0.3, 0.4) is 0 Å². The van der Waals surface area contributed by atoms with Crippen LogP contribution in [-0.4, -0.2) is 6.54 Å². The first kappa shape index (κ1) is 16.1. The molecule has 0 aliphatic heterocycles. The largest absolute Gasteiger partial charge is 0.310 e. The lowest BCUT2D eigenvalue weighted by molar-refractivity contribution is 0.508. The molecule has 0 aromatic heterocycles. The Hall–Kier alpha value is -1.26.